The van der Waals surface area contributed by atoms with E-state index in [4.69, 9.17) is 4.74 Å². The van der Waals surface area contributed by atoms with Gasteiger partial charge in [-0.1, -0.05) is 12.1 Å². The van der Waals surface area contributed by atoms with Gasteiger partial charge in [-0.2, -0.15) is 5.10 Å². The van der Waals surface area contributed by atoms with Gasteiger partial charge in [0.2, 0.25) is 0 Å². The maximum Gasteiger partial charge on any atom is 0.329 e. The first-order valence-electron chi connectivity index (χ1n) is 6.66. The van der Waals surface area contributed by atoms with Gasteiger partial charge in [0.05, 0.1) is 13.3 Å². The molecule has 2 aromatic rings. The maximum absolute atomic E-state index is 11.7. The van der Waals surface area contributed by atoms with Gasteiger partial charge in [-0.25, -0.2) is 5.43 Å². The molecule has 0 saturated carbocycles. The number of phenols is 1. The lowest BCUT2D eigenvalue weighted by molar-refractivity contribution is -0.136. The quantitative estimate of drug-likeness (QED) is 0.452. The monoisotopic (exact) mass is 313 g/mol. The summed E-state index contributed by atoms with van der Waals surface area (Å²) in [6, 6.07) is 12.8. The molecule has 0 fully saturated rings. The summed E-state index contributed by atoms with van der Waals surface area (Å²) in [4.78, 5) is 23.3. The molecule has 0 heterocycles. The Morgan fingerprint density at radius 2 is 1.87 bits per heavy atom. The summed E-state index contributed by atoms with van der Waals surface area (Å²) < 4.78 is 5.00. The molecule has 0 aliphatic rings. The zero-order valence-corrected chi connectivity index (χ0v) is 12.3. The Morgan fingerprint density at radius 3 is 2.52 bits per heavy atom. The van der Waals surface area contributed by atoms with Crippen LogP contribution in [0.3, 0.4) is 0 Å². The molecule has 0 atom stereocenters. The van der Waals surface area contributed by atoms with Crippen molar-refractivity contribution in [1.29, 1.82) is 0 Å². The number of amides is 2. The van der Waals surface area contributed by atoms with Crippen molar-refractivity contribution in [3.63, 3.8) is 0 Å². The lowest BCUT2D eigenvalue weighted by Gasteiger charge is -2.05. The number of carbonyl (C=O) groups excluding carboxylic acids is 2. The molecule has 0 bridgehead atoms. The fourth-order valence-electron chi connectivity index (χ4n) is 1.68. The molecule has 0 aliphatic heterocycles. The highest BCUT2D eigenvalue weighted by Gasteiger charge is 2.12. The van der Waals surface area contributed by atoms with E-state index in [0.717, 1.165) is 0 Å². The smallest absolute Gasteiger partial charge is 0.329 e. The maximum atomic E-state index is 11.7. The number of hydrazone groups is 1. The molecule has 2 amide bonds. The highest BCUT2D eigenvalue weighted by molar-refractivity contribution is 6.39. The third-order valence-electron chi connectivity index (χ3n) is 2.80. The van der Waals surface area contributed by atoms with Gasteiger partial charge in [0, 0.05) is 5.69 Å². The second-order valence-electron chi connectivity index (χ2n) is 4.48. The number of carbonyl (C=O) groups is 2. The number of ether oxygens (including phenoxy) is 1. The van der Waals surface area contributed by atoms with Crippen LogP contribution in [0.25, 0.3) is 0 Å². The number of phenolic OH excluding ortho intramolecular Hbond substituents is 1. The molecule has 7 nitrogen and oxygen atoms in total. The summed E-state index contributed by atoms with van der Waals surface area (Å²) in [5, 5.41) is 15.4. The largest absolute Gasteiger partial charge is 0.508 e. The van der Waals surface area contributed by atoms with Crippen molar-refractivity contribution < 1.29 is 19.4 Å². The molecule has 23 heavy (non-hydrogen) atoms. The highest BCUT2D eigenvalue weighted by atomic mass is 16.5. The summed E-state index contributed by atoms with van der Waals surface area (Å²) in [5.41, 5.74) is 3.15. The van der Waals surface area contributed by atoms with Crippen molar-refractivity contribution in [1.82, 2.24) is 5.43 Å². The number of hydrogen-bond acceptors (Lipinski definition) is 5. The van der Waals surface area contributed by atoms with E-state index in [1.165, 1.54) is 25.5 Å². The number of hydrogen-bond donors (Lipinski definition) is 3. The van der Waals surface area contributed by atoms with E-state index in [1.54, 1.807) is 36.4 Å². The molecule has 3 N–H and O–H groups in total. The number of nitrogens with zero attached hydrogens (tertiary/aromatic N) is 1. The van der Waals surface area contributed by atoms with Crippen molar-refractivity contribution in [2.75, 3.05) is 12.4 Å². The van der Waals surface area contributed by atoms with Crippen LogP contribution in [0, 0.1) is 0 Å². The van der Waals surface area contributed by atoms with E-state index >= 15 is 0 Å². The summed E-state index contributed by atoms with van der Waals surface area (Å²) in [6.07, 6.45) is 1.32. The van der Waals surface area contributed by atoms with Crippen molar-refractivity contribution in [3.8, 4) is 11.5 Å². The zero-order chi connectivity index (χ0) is 16.7. The molecule has 0 spiro atoms. The number of rotatable bonds is 4. The van der Waals surface area contributed by atoms with Crippen LogP contribution in [-0.4, -0.2) is 30.2 Å². The van der Waals surface area contributed by atoms with Crippen LogP contribution in [0.4, 0.5) is 5.69 Å². The Hall–Kier alpha value is -3.35. The van der Waals surface area contributed by atoms with Crippen LogP contribution in [0.1, 0.15) is 5.56 Å². The fraction of sp³-hybridized carbons (Fsp3) is 0.0625. The van der Waals surface area contributed by atoms with E-state index in [-0.39, 0.29) is 5.75 Å². The van der Waals surface area contributed by atoms with Gasteiger partial charge in [-0.15, -0.1) is 0 Å². The predicted octanol–water partition coefficient (Wildman–Crippen LogP) is 1.49. The summed E-state index contributed by atoms with van der Waals surface area (Å²) in [6.45, 7) is 0. The van der Waals surface area contributed by atoms with Gasteiger partial charge in [0.15, 0.2) is 0 Å². The molecule has 2 aromatic carbocycles. The minimum absolute atomic E-state index is 0.0810. The van der Waals surface area contributed by atoms with E-state index in [9.17, 15) is 14.7 Å². The second kappa shape index (κ2) is 7.60. The lowest BCUT2D eigenvalue weighted by Crippen LogP contribution is -2.32. The molecule has 7 heteroatoms. The zero-order valence-electron chi connectivity index (χ0n) is 12.3. The molecule has 118 valence electrons. The van der Waals surface area contributed by atoms with Crippen LogP contribution in [0.2, 0.25) is 0 Å². The summed E-state index contributed by atoms with van der Waals surface area (Å²) in [5.74, 6) is -1.03. The molecular formula is C16H15N3O4. The first kappa shape index (κ1) is 16.0. The van der Waals surface area contributed by atoms with Gasteiger partial charge >= 0.3 is 11.8 Å². The SMILES string of the molecule is COc1ccc(NC(=O)C(=O)N/N=C/c2cccc(O)c2)cc1. The molecule has 0 aliphatic carbocycles. The number of methoxy groups -OCH3 is 1. The average Bonchev–Trinajstić information content (AvgIpc) is 2.55. The Bertz CT molecular complexity index is 726. The molecule has 0 unspecified atom stereocenters. The van der Waals surface area contributed by atoms with Crippen molar-refractivity contribution in [2.45, 2.75) is 0 Å². The summed E-state index contributed by atoms with van der Waals surface area (Å²) >= 11 is 0. The van der Waals surface area contributed by atoms with E-state index in [0.29, 0.717) is 17.0 Å². The van der Waals surface area contributed by atoms with Crippen molar-refractivity contribution >= 4 is 23.7 Å². The third-order valence-corrected chi connectivity index (χ3v) is 2.80. The standard InChI is InChI=1S/C16H15N3O4/c1-23-14-7-5-12(6-8-14)18-15(21)16(22)19-17-10-11-3-2-4-13(20)9-11/h2-10,20H,1H3,(H,18,21)(H,19,22)/b17-10+. The van der Waals surface area contributed by atoms with Crippen LogP contribution >= 0.6 is 0 Å². The van der Waals surface area contributed by atoms with Gasteiger partial charge in [-0.3, -0.25) is 9.59 Å². The fourth-order valence-corrected chi connectivity index (χ4v) is 1.68. The van der Waals surface area contributed by atoms with Gasteiger partial charge in [0.25, 0.3) is 0 Å². The topological polar surface area (TPSA) is 100 Å². The van der Waals surface area contributed by atoms with Crippen molar-refractivity contribution in [3.05, 3.63) is 54.1 Å². The minimum atomic E-state index is -0.905. The molecule has 0 saturated heterocycles. The van der Waals surface area contributed by atoms with Gasteiger partial charge in [0.1, 0.15) is 11.5 Å². The number of aromatic hydroxyl groups is 1. The molecule has 0 radical (unpaired) electrons. The lowest BCUT2D eigenvalue weighted by atomic mass is 10.2. The van der Waals surface area contributed by atoms with E-state index < -0.39 is 11.8 Å². The van der Waals surface area contributed by atoms with Gasteiger partial charge in [-0.05, 0) is 42.0 Å². The Morgan fingerprint density at radius 1 is 1.13 bits per heavy atom. The van der Waals surface area contributed by atoms with Crippen LogP contribution in [0.15, 0.2) is 53.6 Å². The molecule has 0 aromatic heterocycles. The Labute approximate surface area is 132 Å². The highest BCUT2D eigenvalue weighted by Crippen LogP contribution is 2.14. The molecule has 2 rings (SSSR count). The second-order valence-corrected chi connectivity index (χ2v) is 4.48. The Balaban J connectivity index is 1.88. The normalized spacial score (nSPS) is 10.3. The number of benzene rings is 2. The number of anilines is 1. The first-order valence-corrected chi connectivity index (χ1v) is 6.66. The van der Waals surface area contributed by atoms with E-state index in [1.807, 2.05) is 0 Å². The third kappa shape index (κ3) is 4.85. The predicted molar refractivity (Wildman–Crippen MR) is 85.5 cm³/mol. The van der Waals surface area contributed by atoms with Crippen LogP contribution in [-0.2, 0) is 9.59 Å². The Kier molecular flexibility index (Phi) is 5.30. The average molecular weight is 313 g/mol. The van der Waals surface area contributed by atoms with E-state index in [2.05, 4.69) is 15.8 Å². The first-order chi connectivity index (χ1) is 11.1. The number of nitrogens with one attached hydrogen (secondary N) is 2. The van der Waals surface area contributed by atoms with Crippen LogP contribution < -0.4 is 15.5 Å². The minimum Gasteiger partial charge on any atom is -0.508 e. The van der Waals surface area contributed by atoms with Crippen molar-refractivity contribution in [2.24, 2.45) is 5.10 Å². The molecular weight excluding hydrogens is 298 g/mol. The van der Waals surface area contributed by atoms with Gasteiger partial charge < -0.3 is 15.2 Å². The summed E-state index contributed by atoms with van der Waals surface area (Å²) in [7, 11) is 1.53. The van der Waals surface area contributed by atoms with Crippen LogP contribution in [0.5, 0.6) is 11.5 Å².